The number of aromatic nitrogens is 2. The smallest absolute Gasteiger partial charge is 0.139 e. The van der Waals surface area contributed by atoms with Gasteiger partial charge in [0, 0.05) is 11.8 Å². The standard InChI is InChI=1S/C12H11N3O/c1-8-2-4-15-10(6-8)14-11(12(15)13)9-3-5-16-7-9/h2-7H,13H2,1H3. The summed E-state index contributed by atoms with van der Waals surface area (Å²) in [6, 6.07) is 5.86. The molecule has 0 radical (unpaired) electrons. The number of nitrogens with zero attached hydrogens (tertiary/aromatic N) is 2. The van der Waals surface area contributed by atoms with Crippen LogP contribution in [0, 0.1) is 6.92 Å². The Morgan fingerprint density at radius 1 is 1.38 bits per heavy atom. The summed E-state index contributed by atoms with van der Waals surface area (Å²) in [7, 11) is 0. The van der Waals surface area contributed by atoms with Crippen LogP contribution in [0.1, 0.15) is 5.56 Å². The zero-order valence-corrected chi connectivity index (χ0v) is 8.84. The molecule has 0 fully saturated rings. The number of hydrogen-bond donors (Lipinski definition) is 1. The third kappa shape index (κ3) is 1.20. The predicted octanol–water partition coefficient (Wildman–Crippen LogP) is 2.48. The van der Waals surface area contributed by atoms with Gasteiger partial charge < -0.3 is 10.2 Å². The van der Waals surface area contributed by atoms with Crippen molar-refractivity contribution in [2.24, 2.45) is 0 Å². The highest BCUT2D eigenvalue weighted by Crippen LogP contribution is 2.26. The first-order chi connectivity index (χ1) is 7.75. The van der Waals surface area contributed by atoms with Crippen LogP contribution in [-0.2, 0) is 0 Å². The Balaban J connectivity index is 2.31. The quantitative estimate of drug-likeness (QED) is 0.675. The Kier molecular flexibility index (Phi) is 1.77. The monoisotopic (exact) mass is 213 g/mol. The second kappa shape index (κ2) is 3.13. The third-order valence-electron chi connectivity index (χ3n) is 2.61. The Hall–Kier alpha value is -2.23. The molecule has 3 aromatic heterocycles. The zero-order valence-electron chi connectivity index (χ0n) is 8.84. The first-order valence-electron chi connectivity index (χ1n) is 5.02. The third-order valence-corrected chi connectivity index (χ3v) is 2.61. The summed E-state index contributed by atoms with van der Waals surface area (Å²) in [5.74, 6) is 0.636. The first kappa shape index (κ1) is 9.03. The van der Waals surface area contributed by atoms with Crippen molar-refractivity contribution in [3.63, 3.8) is 0 Å². The van der Waals surface area contributed by atoms with Gasteiger partial charge in [-0.05, 0) is 30.7 Å². The summed E-state index contributed by atoms with van der Waals surface area (Å²) < 4.78 is 6.91. The van der Waals surface area contributed by atoms with Gasteiger partial charge in [0.25, 0.3) is 0 Å². The van der Waals surface area contributed by atoms with Gasteiger partial charge in [0.2, 0.25) is 0 Å². The van der Waals surface area contributed by atoms with E-state index in [2.05, 4.69) is 4.98 Å². The van der Waals surface area contributed by atoms with E-state index < -0.39 is 0 Å². The summed E-state index contributed by atoms with van der Waals surface area (Å²) in [6.45, 7) is 2.03. The van der Waals surface area contributed by atoms with Crippen molar-refractivity contribution in [3.05, 3.63) is 42.5 Å². The molecule has 0 saturated heterocycles. The summed E-state index contributed by atoms with van der Waals surface area (Å²) in [6.07, 6.45) is 5.19. The van der Waals surface area contributed by atoms with Crippen LogP contribution in [0.25, 0.3) is 16.9 Å². The molecule has 3 rings (SSSR count). The highest BCUT2D eigenvalue weighted by molar-refractivity contribution is 5.74. The molecule has 16 heavy (non-hydrogen) atoms. The number of anilines is 1. The van der Waals surface area contributed by atoms with Crippen LogP contribution in [0.5, 0.6) is 0 Å². The van der Waals surface area contributed by atoms with Gasteiger partial charge in [-0.2, -0.15) is 0 Å². The molecule has 0 aromatic carbocycles. The molecule has 4 nitrogen and oxygen atoms in total. The van der Waals surface area contributed by atoms with Gasteiger partial charge in [-0.25, -0.2) is 4.98 Å². The Morgan fingerprint density at radius 3 is 3.00 bits per heavy atom. The van der Waals surface area contributed by atoms with Crippen LogP contribution in [-0.4, -0.2) is 9.38 Å². The van der Waals surface area contributed by atoms with Gasteiger partial charge >= 0.3 is 0 Å². The molecule has 0 atom stereocenters. The van der Waals surface area contributed by atoms with Crippen LogP contribution < -0.4 is 5.73 Å². The molecular formula is C12H11N3O. The number of fused-ring (bicyclic) bond motifs is 1. The van der Waals surface area contributed by atoms with Crippen molar-refractivity contribution in [2.75, 3.05) is 5.73 Å². The minimum Gasteiger partial charge on any atom is -0.472 e. The summed E-state index contributed by atoms with van der Waals surface area (Å²) >= 11 is 0. The lowest BCUT2D eigenvalue weighted by Crippen LogP contribution is -1.93. The Morgan fingerprint density at radius 2 is 2.25 bits per heavy atom. The van der Waals surface area contributed by atoms with Crippen molar-refractivity contribution >= 4 is 11.5 Å². The number of nitrogens with two attached hydrogens (primary N) is 1. The maximum absolute atomic E-state index is 6.04. The SMILES string of the molecule is Cc1ccn2c(N)c(-c3ccoc3)nc2c1. The highest BCUT2D eigenvalue weighted by Gasteiger charge is 2.11. The van der Waals surface area contributed by atoms with Crippen molar-refractivity contribution in [1.29, 1.82) is 0 Å². The molecule has 0 spiro atoms. The van der Waals surface area contributed by atoms with Gasteiger partial charge in [-0.3, -0.25) is 4.40 Å². The van der Waals surface area contributed by atoms with E-state index in [1.54, 1.807) is 12.5 Å². The lowest BCUT2D eigenvalue weighted by atomic mass is 10.2. The van der Waals surface area contributed by atoms with E-state index in [4.69, 9.17) is 10.2 Å². The van der Waals surface area contributed by atoms with E-state index in [1.807, 2.05) is 35.7 Å². The molecule has 80 valence electrons. The van der Waals surface area contributed by atoms with E-state index in [0.29, 0.717) is 5.82 Å². The van der Waals surface area contributed by atoms with Crippen LogP contribution in [0.15, 0.2) is 41.3 Å². The fraction of sp³-hybridized carbons (Fsp3) is 0.0833. The minimum absolute atomic E-state index is 0.636. The number of aryl methyl sites for hydroxylation is 1. The molecular weight excluding hydrogens is 202 g/mol. The molecule has 0 unspecified atom stereocenters. The van der Waals surface area contributed by atoms with Crippen LogP contribution in [0.3, 0.4) is 0 Å². The van der Waals surface area contributed by atoms with E-state index in [0.717, 1.165) is 22.5 Å². The largest absolute Gasteiger partial charge is 0.472 e. The van der Waals surface area contributed by atoms with Gasteiger partial charge in [0.15, 0.2) is 0 Å². The molecule has 0 aliphatic carbocycles. The number of furan rings is 1. The molecule has 0 amide bonds. The van der Waals surface area contributed by atoms with Gasteiger partial charge in [-0.1, -0.05) is 0 Å². The van der Waals surface area contributed by atoms with Crippen LogP contribution in [0.4, 0.5) is 5.82 Å². The number of hydrogen-bond acceptors (Lipinski definition) is 3. The second-order valence-corrected chi connectivity index (χ2v) is 3.79. The lowest BCUT2D eigenvalue weighted by Gasteiger charge is -1.97. The molecule has 0 aliphatic heterocycles. The Bertz CT molecular complexity index is 638. The van der Waals surface area contributed by atoms with Crippen LogP contribution >= 0.6 is 0 Å². The van der Waals surface area contributed by atoms with E-state index in [-0.39, 0.29) is 0 Å². The molecule has 4 heteroatoms. The second-order valence-electron chi connectivity index (χ2n) is 3.79. The molecule has 0 bridgehead atoms. The number of pyridine rings is 1. The molecule has 0 aliphatic rings. The fourth-order valence-corrected chi connectivity index (χ4v) is 1.78. The normalized spacial score (nSPS) is 11.1. The van der Waals surface area contributed by atoms with Crippen molar-refractivity contribution < 1.29 is 4.42 Å². The van der Waals surface area contributed by atoms with Gasteiger partial charge in [0.05, 0.1) is 12.5 Å². The van der Waals surface area contributed by atoms with Crippen molar-refractivity contribution in [3.8, 4) is 11.3 Å². The van der Waals surface area contributed by atoms with E-state index in [9.17, 15) is 0 Å². The lowest BCUT2D eigenvalue weighted by molar-refractivity contribution is 0.568. The van der Waals surface area contributed by atoms with E-state index >= 15 is 0 Å². The fourth-order valence-electron chi connectivity index (χ4n) is 1.78. The first-order valence-corrected chi connectivity index (χ1v) is 5.02. The maximum atomic E-state index is 6.04. The number of nitrogen functional groups attached to an aromatic ring is 1. The topological polar surface area (TPSA) is 56.5 Å². The number of rotatable bonds is 1. The molecule has 3 aromatic rings. The average Bonchev–Trinajstić information content (AvgIpc) is 2.86. The van der Waals surface area contributed by atoms with Gasteiger partial charge in [-0.15, -0.1) is 0 Å². The summed E-state index contributed by atoms with van der Waals surface area (Å²) in [5, 5.41) is 0. The highest BCUT2D eigenvalue weighted by atomic mass is 16.3. The summed E-state index contributed by atoms with van der Waals surface area (Å²) in [4.78, 5) is 4.49. The van der Waals surface area contributed by atoms with Crippen molar-refractivity contribution in [2.45, 2.75) is 6.92 Å². The zero-order chi connectivity index (χ0) is 11.1. The molecule has 2 N–H and O–H groups in total. The molecule has 3 heterocycles. The van der Waals surface area contributed by atoms with E-state index in [1.165, 1.54) is 0 Å². The average molecular weight is 213 g/mol. The summed E-state index contributed by atoms with van der Waals surface area (Å²) in [5.41, 5.74) is 9.72. The van der Waals surface area contributed by atoms with Crippen molar-refractivity contribution in [1.82, 2.24) is 9.38 Å². The minimum atomic E-state index is 0.636. The van der Waals surface area contributed by atoms with Crippen LogP contribution in [0.2, 0.25) is 0 Å². The molecule has 0 saturated carbocycles. The number of imidazole rings is 1. The Labute approximate surface area is 92.3 Å². The predicted molar refractivity (Wildman–Crippen MR) is 62.0 cm³/mol. The van der Waals surface area contributed by atoms with Gasteiger partial charge in [0.1, 0.15) is 17.2 Å². The maximum Gasteiger partial charge on any atom is 0.139 e.